The highest BCUT2D eigenvalue weighted by molar-refractivity contribution is 7.99. The predicted molar refractivity (Wildman–Crippen MR) is 102 cm³/mol. The number of fused-ring (bicyclic) bond motifs is 1. The summed E-state index contributed by atoms with van der Waals surface area (Å²) in [6.45, 7) is 2.53. The molecule has 0 N–H and O–H groups in total. The van der Waals surface area contributed by atoms with Crippen molar-refractivity contribution in [3.05, 3.63) is 41.2 Å². The van der Waals surface area contributed by atoms with Gasteiger partial charge in [0, 0.05) is 24.5 Å². The molecule has 2 aliphatic heterocycles. The Kier molecular flexibility index (Phi) is 4.81. The van der Waals surface area contributed by atoms with Gasteiger partial charge in [0.15, 0.2) is 5.69 Å². The summed E-state index contributed by atoms with van der Waals surface area (Å²) in [6, 6.07) is 8.01. The van der Waals surface area contributed by atoms with Crippen LogP contribution < -0.4 is 9.80 Å². The maximum absolute atomic E-state index is 13.2. The van der Waals surface area contributed by atoms with Crippen LogP contribution in [-0.4, -0.2) is 41.3 Å². The zero-order chi connectivity index (χ0) is 17.2. The third-order valence-electron chi connectivity index (χ3n) is 4.51. The van der Waals surface area contributed by atoms with Crippen LogP contribution in [0.3, 0.4) is 0 Å². The summed E-state index contributed by atoms with van der Waals surface area (Å²) in [6.07, 6.45) is 4.75. The SMILES string of the molecule is O=C(c1nc(N2CCCC2)ncc1Cl)N1CCCSc2ccccc21. The summed E-state index contributed by atoms with van der Waals surface area (Å²) in [5.41, 5.74) is 1.23. The van der Waals surface area contributed by atoms with E-state index in [1.165, 1.54) is 0 Å². The molecular formula is C18H19ClN4OS. The lowest BCUT2D eigenvalue weighted by Crippen LogP contribution is -2.33. The minimum atomic E-state index is -0.150. The number of hydrogen-bond acceptors (Lipinski definition) is 5. The van der Waals surface area contributed by atoms with Gasteiger partial charge in [0.1, 0.15) is 0 Å². The molecule has 2 aromatic rings. The fourth-order valence-electron chi connectivity index (χ4n) is 3.24. The highest BCUT2D eigenvalue weighted by atomic mass is 35.5. The number of para-hydroxylation sites is 1. The minimum Gasteiger partial charge on any atom is -0.341 e. The van der Waals surface area contributed by atoms with Gasteiger partial charge in [0.2, 0.25) is 5.95 Å². The number of benzene rings is 1. The van der Waals surface area contributed by atoms with E-state index in [2.05, 4.69) is 20.9 Å². The van der Waals surface area contributed by atoms with Gasteiger partial charge in [-0.05, 0) is 37.1 Å². The average Bonchev–Trinajstić information content (AvgIpc) is 3.08. The van der Waals surface area contributed by atoms with Crippen molar-refractivity contribution < 1.29 is 4.79 Å². The van der Waals surface area contributed by atoms with Gasteiger partial charge in [-0.1, -0.05) is 23.7 Å². The van der Waals surface area contributed by atoms with E-state index in [0.29, 0.717) is 23.2 Å². The Morgan fingerprint density at radius 1 is 1.12 bits per heavy atom. The predicted octanol–water partition coefficient (Wildman–Crippen LogP) is 3.87. The van der Waals surface area contributed by atoms with Crippen LogP contribution in [0.1, 0.15) is 29.8 Å². The molecular weight excluding hydrogens is 356 g/mol. The van der Waals surface area contributed by atoms with E-state index in [-0.39, 0.29) is 5.91 Å². The van der Waals surface area contributed by atoms with Crippen molar-refractivity contribution in [3.63, 3.8) is 0 Å². The third-order valence-corrected chi connectivity index (χ3v) is 5.93. The van der Waals surface area contributed by atoms with Crippen molar-refractivity contribution in [2.24, 2.45) is 0 Å². The van der Waals surface area contributed by atoms with E-state index in [1.807, 2.05) is 18.2 Å². The van der Waals surface area contributed by atoms with Crippen LogP contribution >= 0.6 is 23.4 Å². The summed E-state index contributed by atoms with van der Waals surface area (Å²) in [4.78, 5) is 27.1. The first kappa shape index (κ1) is 16.7. The normalized spacial score (nSPS) is 17.3. The quantitative estimate of drug-likeness (QED) is 0.798. The molecule has 0 aliphatic carbocycles. The van der Waals surface area contributed by atoms with Crippen LogP contribution in [0.15, 0.2) is 35.4 Å². The van der Waals surface area contributed by atoms with E-state index in [0.717, 1.165) is 48.7 Å². The first-order chi connectivity index (χ1) is 12.2. The van der Waals surface area contributed by atoms with Gasteiger partial charge in [0.05, 0.1) is 16.9 Å². The first-order valence-electron chi connectivity index (χ1n) is 8.55. The van der Waals surface area contributed by atoms with Gasteiger partial charge < -0.3 is 9.80 Å². The second kappa shape index (κ2) is 7.22. The number of carbonyl (C=O) groups excluding carboxylic acids is 1. The molecule has 25 heavy (non-hydrogen) atoms. The molecule has 1 saturated heterocycles. The van der Waals surface area contributed by atoms with Crippen molar-refractivity contribution in [1.82, 2.24) is 9.97 Å². The first-order valence-corrected chi connectivity index (χ1v) is 9.91. The summed E-state index contributed by atoms with van der Waals surface area (Å²) < 4.78 is 0. The molecule has 5 nitrogen and oxygen atoms in total. The van der Waals surface area contributed by atoms with Crippen molar-refractivity contribution in [2.45, 2.75) is 24.2 Å². The van der Waals surface area contributed by atoms with Crippen molar-refractivity contribution in [2.75, 3.05) is 35.2 Å². The zero-order valence-electron chi connectivity index (χ0n) is 13.8. The summed E-state index contributed by atoms with van der Waals surface area (Å²) >= 11 is 8.07. The monoisotopic (exact) mass is 374 g/mol. The fraction of sp³-hybridized carbons (Fsp3) is 0.389. The Labute approximate surface area is 156 Å². The van der Waals surface area contributed by atoms with Crippen LogP contribution in [0.4, 0.5) is 11.6 Å². The smallest absolute Gasteiger partial charge is 0.278 e. The van der Waals surface area contributed by atoms with Crippen LogP contribution in [0, 0.1) is 0 Å². The van der Waals surface area contributed by atoms with E-state index < -0.39 is 0 Å². The van der Waals surface area contributed by atoms with Crippen LogP contribution in [0.25, 0.3) is 0 Å². The van der Waals surface area contributed by atoms with Gasteiger partial charge in [-0.2, -0.15) is 0 Å². The highest BCUT2D eigenvalue weighted by Gasteiger charge is 2.27. The molecule has 1 aromatic heterocycles. The molecule has 0 radical (unpaired) electrons. The van der Waals surface area contributed by atoms with E-state index in [4.69, 9.17) is 11.6 Å². The van der Waals surface area contributed by atoms with Gasteiger partial charge >= 0.3 is 0 Å². The lowest BCUT2D eigenvalue weighted by Gasteiger charge is -2.23. The molecule has 0 unspecified atom stereocenters. The van der Waals surface area contributed by atoms with Crippen LogP contribution in [0.2, 0.25) is 5.02 Å². The van der Waals surface area contributed by atoms with Crippen LogP contribution in [0.5, 0.6) is 0 Å². The van der Waals surface area contributed by atoms with Gasteiger partial charge in [-0.25, -0.2) is 9.97 Å². The number of rotatable bonds is 2. The van der Waals surface area contributed by atoms with Crippen molar-refractivity contribution in [1.29, 1.82) is 0 Å². The molecule has 1 aromatic carbocycles. The highest BCUT2D eigenvalue weighted by Crippen LogP contribution is 2.34. The fourth-order valence-corrected chi connectivity index (χ4v) is 4.41. The third kappa shape index (κ3) is 3.33. The lowest BCUT2D eigenvalue weighted by atomic mass is 10.2. The standard InChI is InChI=1S/C18H19ClN4OS/c19-13-12-20-18(22-8-3-4-9-22)21-16(13)17(24)23-10-5-11-25-15-7-2-1-6-14(15)23/h1-2,6-7,12H,3-5,8-11H2. The number of aromatic nitrogens is 2. The Balaban J connectivity index is 1.70. The molecule has 0 atom stereocenters. The number of nitrogens with zero attached hydrogens (tertiary/aromatic N) is 4. The second-order valence-corrected chi connectivity index (χ2v) is 7.73. The van der Waals surface area contributed by atoms with Crippen LogP contribution in [-0.2, 0) is 0 Å². The largest absolute Gasteiger partial charge is 0.341 e. The molecule has 3 heterocycles. The maximum atomic E-state index is 13.2. The summed E-state index contributed by atoms with van der Waals surface area (Å²) in [7, 11) is 0. The number of anilines is 2. The average molecular weight is 375 g/mol. The number of amides is 1. The number of carbonyl (C=O) groups is 1. The summed E-state index contributed by atoms with van der Waals surface area (Å²) in [5.74, 6) is 1.45. The lowest BCUT2D eigenvalue weighted by molar-refractivity contribution is 0.0982. The second-order valence-electron chi connectivity index (χ2n) is 6.19. The Bertz CT molecular complexity index is 794. The Morgan fingerprint density at radius 2 is 1.92 bits per heavy atom. The van der Waals surface area contributed by atoms with Crippen molar-refractivity contribution >= 4 is 40.9 Å². The number of thioether (sulfide) groups is 1. The Morgan fingerprint density at radius 3 is 2.76 bits per heavy atom. The van der Waals surface area contributed by atoms with E-state index in [1.54, 1.807) is 22.9 Å². The zero-order valence-corrected chi connectivity index (χ0v) is 15.4. The molecule has 7 heteroatoms. The number of hydrogen-bond donors (Lipinski definition) is 0. The maximum Gasteiger partial charge on any atom is 0.278 e. The molecule has 2 aliphatic rings. The molecule has 1 amide bonds. The van der Waals surface area contributed by atoms with Gasteiger partial charge in [-0.15, -0.1) is 11.8 Å². The van der Waals surface area contributed by atoms with E-state index in [9.17, 15) is 4.79 Å². The summed E-state index contributed by atoms with van der Waals surface area (Å²) in [5, 5.41) is 0.308. The molecule has 130 valence electrons. The molecule has 0 spiro atoms. The van der Waals surface area contributed by atoms with Crippen molar-refractivity contribution in [3.8, 4) is 0 Å². The molecule has 0 bridgehead atoms. The molecule has 1 fully saturated rings. The Hall–Kier alpha value is -1.79. The van der Waals surface area contributed by atoms with E-state index >= 15 is 0 Å². The number of halogens is 1. The molecule has 4 rings (SSSR count). The van der Waals surface area contributed by atoms with Gasteiger partial charge in [0.25, 0.3) is 5.91 Å². The van der Waals surface area contributed by atoms with Gasteiger partial charge in [-0.3, -0.25) is 4.79 Å². The topological polar surface area (TPSA) is 49.3 Å². The molecule has 0 saturated carbocycles. The minimum absolute atomic E-state index is 0.150.